The Morgan fingerprint density at radius 1 is 1.07 bits per heavy atom. The largest absolute Gasteiger partial charge is 0.426 e. The molecule has 0 aromatic heterocycles. The number of allylic oxidation sites excluding steroid dienone is 2. The van der Waals surface area contributed by atoms with E-state index < -0.39 is 5.97 Å². The third-order valence-corrected chi connectivity index (χ3v) is 5.93. The van der Waals surface area contributed by atoms with Crippen molar-refractivity contribution in [3.05, 3.63) is 54.1 Å². The maximum absolute atomic E-state index is 12.8. The summed E-state index contributed by atoms with van der Waals surface area (Å²) in [6, 6.07) is 11.1. The summed E-state index contributed by atoms with van der Waals surface area (Å²) < 4.78 is 5.31. The van der Waals surface area contributed by atoms with Gasteiger partial charge in [0.05, 0.1) is 18.1 Å². The van der Waals surface area contributed by atoms with E-state index in [9.17, 15) is 14.4 Å². The van der Waals surface area contributed by atoms with Gasteiger partial charge < -0.3 is 4.74 Å². The van der Waals surface area contributed by atoms with Gasteiger partial charge in [0.15, 0.2) is 0 Å². The van der Waals surface area contributed by atoms with Crippen LogP contribution in [0, 0.1) is 23.7 Å². The van der Waals surface area contributed by atoms with Crippen molar-refractivity contribution in [3.63, 3.8) is 0 Å². The molecule has 0 unspecified atom stereocenters. The molecule has 0 radical (unpaired) electrons. The second-order valence-corrected chi connectivity index (χ2v) is 7.52. The summed E-state index contributed by atoms with van der Waals surface area (Å²) in [5.41, 5.74) is 0.562. The average Bonchev–Trinajstić information content (AvgIpc) is 3.35. The van der Waals surface area contributed by atoms with Gasteiger partial charge >= 0.3 is 5.97 Å². The second-order valence-electron chi connectivity index (χ2n) is 7.52. The van der Waals surface area contributed by atoms with Gasteiger partial charge in [0.2, 0.25) is 0 Å². The summed E-state index contributed by atoms with van der Waals surface area (Å²) in [6.45, 7) is 1.33. The smallest absolute Gasteiger partial charge is 0.308 e. The summed E-state index contributed by atoms with van der Waals surface area (Å²) in [5, 5.41) is 7.01. The van der Waals surface area contributed by atoms with Gasteiger partial charge in [0.1, 0.15) is 5.75 Å². The van der Waals surface area contributed by atoms with Gasteiger partial charge in [0, 0.05) is 12.5 Å². The summed E-state index contributed by atoms with van der Waals surface area (Å²) >= 11 is 0. The van der Waals surface area contributed by atoms with Crippen LogP contribution in [0.15, 0.2) is 53.7 Å². The Balaban J connectivity index is 1.53. The molecule has 0 N–H and O–H groups in total. The van der Waals surface area contributed by atoms with E-state index in [0.29, 0.717) is 11.3 Å². The molecule has 2 bridgehead atoms. The summed E-state index contributed by atoms with van der Waals surface area (Å²) in [6.07, 6.45) is 6.43. The molecule has 5 rings (SSSR count). The van der Waals surface area contributed by atoms with Gasteiger partial charge in [-0.2, -0.15) is 10.1 Å². The van der Waals surface area contributed by atoms with Crippen molar-refractivity contribution in [1.29, 1.82) is 0 Å². The Labute approximate surface area is 161 Å². The molecule has 140 valence electrons. The monoisotopic (exact) mass is 374 g/mol. The van der Waals surface area contributed by atoms with Crippen LogP contribution in [-0.4, -0.2) is 29.0 Å². The molecule has 28 heavy (non-hydrogen) atoms. The minimum absolute atomic E-state index is 0.140. The Bertz CT molecular complexity index is 1060. The number of ether oxygens (including phenoxy) is 1. The molecule has 6 nitrogen and oxygen atoms in total. The lowest BCUT2D eigenvalue weighted by molar-refractivity contribution is -0.140. The third-order valence-electron chi connectivity index (χ3n) is 5.93. The van der Waals surface area contributed by atoms with E-state index in [-0.39, 0.29) is 35.5 Å². The molecule has 2 amide bonds. The van der Waals surface area contributed by atoms with Gasteiger partial charge in [-0.3, -0.25) is 14.4 Å². The Hall–Kier alpha value is -3.28. The van der Waals surface area contributed by atoms with E-state index >= 15 is 0 Å². The lowest BCUT2D eigenvalue weighted by atomic mass is 9.85. The fourth-order valence-electron chi connectivity index (χ4n) is 4.77. The number of esters is 1. The number of nitrogens with zero attached hydrogens (tertiary/aromatic N) is 2. The Kier molecular flexibility index (Phi) is 3.69. The number of carbonyl (C=O) groups excluding carboxylic acids is 3. The maximum atomic E-state index is 12.8. The molecule has 3 aliphatic rings. The van der Waals surface area contributed by atoms with Crippen molar-refractivity contribution < 1.29 is 19.1 Å². The lowest BCUT2D eigenvalue weighted by Gasteiger charge is -2.13. The van der Waals surface area contributed by atoms with Crippen LogP contribution in [0.25, 0.3) is 10.8 Å². The molecule has 2 aromatic rings. The molecular formula is C22H18N2O4. The van der Waals surface area contributed by atoms with Crippen molar-refractivity contribution in [2.45, 2.75) is 13.3 Å². The number of carbonyl (C=O) groups is 3. The van der Waals surface area contributed by atoms with Crippen LogP contribution in [0.1, 0.15) is 18.9 Å². The number of hydrogen-bond acceptors (Lipinski definition) is 5. The number of imide groups is 1. The van der Waals surface area contributed by atoms with Gasteiger partial charge in [-0.15, -0.1) is 0 Å². The molecule has 2 aromatic carbocycles. The first-order valence-electron chi connectivity index (χ1n) is 9.35. The minimum atomic E-state index is -0.449. The molecule has 2 aliphatic carbocycles. The first-order chi connectivity index (χ1) is 13.5. The van der Waals surface area contributed by atoms with Crippen LogP contribution >= 0.6 is 0 Å². The zero-order valence-electron chi connectivity index (χ0n) is 15.2. The van der Waals surface area contributed by atoms with Crippen molar-refractivity contribution in [3.8, 4) is 5.75 Å². The highest BCUT2D eigenvalue weighted by Crippen LogP contribution is 2.52. The van der Waals surface area contributed by atoms with Crippen molar-refractivity contribution in [2.75, 3.05) is 0 Å². The van der Waals surface area contributed by atoms with Crippen LogP contribution in [-0.2, 0) is 14.4 Å². The van der Waals surface area contributed by atoms with E-state index in [2.05, 4.69) is 5.10 Å². The topological polar surface area (TPSA) is 76.0 Å². The molecule has 1 saturated heterocycles. The number of benzene rings is 2. The van der Waals surface area contributed by atoms with Crippen molar-refractivity contribution >= 4 is 34.8 Å². The van der Waals surface area contributed by atoms with Gasteiger partial charge in [-0.05, 0) is 35.1 Å². The van der Waals surface area contributed by atoms with Gasteiger partial charge in [-0.25, -0.2) is 0 Å². The van der Waals surface area contributed by atoms with Gasteiger partial charge in [0.25, 0.3) is 11.8 Å². The SMILES string of the molecule is CC(=O)Oc1ccc2ccccc2c1C=NN1C(=O)[C@@H]2[C@H](C1=O)[C@H]1C=C[C@H]2C1. The predicted molar refractivity (Wildman–Crippen MR) is 102 cm³/mol. The molecule has 1 saturated carbocycles. The van der Waals surface area contributed by atoms with E-state index in [1.165, 1.54) is 13.1 Å². The van der Waals surface area contributed by atoms with Gasteiger partial charge in [-0.1, -0.05) is 42.5 Å². The van der Waals surface area contributed by atoms with E-state index in [1.807, 2.05) is 42.5 Å². The van der Waals surface area contributed by atoms with Crippen LogP contribution in [0.2, 0.25) is 0 Å². The highest BCUT2D eigenvalue weighted by Gasteiger charge is 2.59. The zero-order chi connectivity index (χ0) is 19.4. The first kappa shape index (κ1) is 16.9. The maximum Gasteiger partial charge on any atom is 0.308 e. The second kappa shape index (κ2) is 6.12. The van der Waals surface area contributed by atoms with Crippen molar-refractivity contribution in [1.82, 2.24) is 5.01 Å². The Morgan fingerprint density at radius 3 is 2.43 bits per heavy atom. The van der Waals surface area contributed by atoms with E-state index in [0.717, 1.165) is 22.2 Å². The fourth-order valence-corrected chi connectivity index (χ4v) is 4.77. The number of rotatable bonds is 3. The first-order valence-corrected chi connectivity index (χ1v) is 9.35. The van der Waals surface area contributed by atoms with Crippen LogP contribution < -0.4 is 4.74 Å². The normalized spacial score (nSPS) is 28.0. The number of fused-ring (bicyclic) bond motifs is 6. The minimum Gasteiger partial charge on any atom is -0.426 e. The molecule has 2 fully saturated rings. The highest BCUT2D eigenvalue weighted by atomic mass is 16.5. The predicted octanol–water partition coefficient (Wildman–Crippen LogP) is 2.91. The lowest BCUT2D eigenvalue weighted by Crippen LogP contribution is -2.28. The average molecular weight is 374 g/mol. The highest BCUT2D eigenvalue weighted by molar-refractivity contribution is 6.08. The van der Waals surface area contributed by atoms with Crippen LogP contribution in [0.3, 0.4) is 0 Å². The standard InChI is InChI=1S/C22H18N2O4/c1-12(25)28-18-9-8-13-4-2-3-5-16(13)17(18)11-23-24-21(26)19-14-6-7-15(10-14)20(19)22(24)27/h2-9,11,14-15,19-20H,10H2,1H3/t14-,15-,19-,20+/m0/s1. The number of hydrogen-bond donors (Lipinski definition) is 0. The van der Waals surface area contributed by atoms with Crippen molar-refractivity contribution in [2.24, 2.45) is 28.8 Å². The summed E-state index contributed by atoms with van der Waals surface area (Å²) in [7, 11) is 0. The third kappa shape index (κ3) is 2.41. The van der Waals surface area contributed by atoms with E-state index in [4.69, 9.17) is 4.74 Å². The van der Waals surface area contributed by atoms with E-state index in [1.54, 1.807) is 6.07 Å². The number of amides is 2. The molecular weight excluding hydrogens is 356 g/mol. The van der Waals surface area contributed by atoms with Crippen LogP contribution in [0.5, 0.6) is 5.75 Å². The fraction of sp³-hybridized carbons (Fsp3) is 0.273. The number of hydrazone groups is 1. The molecule has 4 atom stereocenters. The summed E-state index contributed by atoms with van der Waals surface area (Å²) in [5.74, 6) is -0.886. The molecule has 1 heterocycles. The molecule has 6 heteroatoms. The summed E-state index contributed by atoms with van der Waals surface area (Å²) in [4.78, 5) is 37.1. The van der Waals surface area contributed by atoms with Crippen LogP contribution in [0.4, 0.5) is 0 Å². The Morgan fingerprint density at radius 2 is 1.75 bits per heavy atom. The quantitative estimate of drug-likeness (QED) is 0.272. The molecule has 1 aliphatic heterocycles. The molecule has 0 spiro atoms. The zero-order valence-corrected chi connectivity index (χ0v) is 15.2.